The fraction of sp³-hybridized carbons (Fsp3) is 0.533. The Morgan fingerprint density at radius 3 is 2.81 bits per heavy atom. The van der Waals surface area contributed by atoms with Crippen LogP contribution in [0.5, 0.6) is 0 Å². The van der Waals surface area contributed by atoms with E-state index >= 15 is 0 Å². The molecule has 2 aromatic rings. The van der Waals surface area contributed by atoms with Crippen LogP contribution in [0.1, 0.15) is 26.2 Å². The summed E-state index contributed by atoms with van der Waals surface area (Å²) in [5.41, 5.74) is 1.07. The largest absolute Gasteiger partial charge is 0.284 e. The molecule has 2 heterocycles. The minimum absolute atomic E-state index is 0.116. The van der Waals surface area contributed by atoms with E-state index in [1.807, 2.05) is 4.68 Å². The third kappa shape index (κ3) is 2.90. The van der Waals surface area contributed by atoms with Gasteiger partial charge in [-0.25, -0.2) is 0 Å². The molecule has 0 saturated carbocycles. The van der Waals surface area contributed by atoms with E-state index in [2.05, 4.69) is 16.9 Å². The van der Waals surface area contributed by atoms with Crippen LogP contribution in [0.4, 0.5) is 5.69 Å². The maximum atomic E-state index is 10.8. The van der Waals surface area contributed by atoms with E-state index in [0.29, 0.717) is 0 Å². The lowest BCUT2D eigenvalue weighted by Gasteiger charge is -2.31. The molecule has 1 aliphatic heterocycles. The molecule has 0 atom stereocenters. The summed E-state index contributed by atoms with van der Waals surface area (Å²) in [4.78, 5) is 12.8. The van der Waals surface area contributed by atoms with Crippen molar-refractivity contribution < 1.29 is 4.92 Å². The van der Waals surface area contributed by atoms with E-state index < -0.39 is 0 Å². The molecule has 0 aliphatic carbocycles. The van der Waals surface area contributed by atoms with Gasteiger partial charge >= 0.3 is 0 Å². The zero-order valence-electron chi connectivity index (χ0n) is 12.2. The van der Waals surface area contributed by atoms with Gasteiger partial charge in [0.1, 0.15) is 0 Å². The fourth-order valence-corrected chi connectivity index (χ4v) is 3.03. The Hall–Kier alpha value is -1.95. The zero-order valence-corrected chi connectivity index (χ0v) is 12.2. The minimum Gasteiger partial charge on any atom is -0.284 e. The molecule has 3 rings (SSSR count). The average Bonchev–Trinajstić information content (AvgIpc) is 2.90. The number of nitrogens with zero attached hydrogens (tertiary/aromatic N) is 4. The molecular weight excluding hydrogens is 268 g/mol. The van der Waals surface area contributed by atoms with Crippen LogP contribution in [0.2, 0.25) is 0 Å². The lowest BCUT2D eigenvalue weighted by molar-refractivity contribution is -0.384. The van der Waals surface area contributed by atoms with Crippen LogP contribution in [-0.4, -0.2) is 32.7 Å². The third-order valence-electron chi connectivity index (χ3n) is 4.45. The van der Waals surface area contributed by atoms with Gasteiger partial charge in [-0.1, -0.05) is 13.3 Å². The summed E-state index contributed by atoms with van der Waals surface area (Å²) in [6, 6.07) is 4.92. The van der Waals surface area contributed by atoms with Gasteiger partial charge in [0.05, 0.1) is 23.3 Å². The molecule has 0 bridgehead atoms. The van der Waals surface area contributed by atoms with E-state index in [4.69, 9.17) is 0 Å². The average molecular weight is 288 g/mol. The number of benzene rings is 1. The predicted octanol–water partition coefficient (Wildman–Crippen LogP) is 3.02. The number of nitro benzene ring substituents is 1. The molecule has 1 aliphatic rings. The molecule has 6 nitrogen and oxygen atoms in total. The third-order valence-corrected chi connectivity index (χ3v) is 4.45. The van der Waals surface area contributed by atoms with Crippen molar-refractivity contribution in [1.82, 2.24) is 14.7 Å². The summed E-state index contributed by atoms with van der Waals surface area (Å²) >= 11 is 0. The molecule has 1 aromatic carbocycles. The number of aromatic nitrogens is 2. The highest BCUT2D eigenvalue weighted by Crippen LogP contribution is 2.23. The van der Waals surface area contributed by atoms with Gasteiger partial charge in [-0.2, -0.15) is 5.10 Å². The summed E-state index contributed by atoms with van der Waals surface area (Å²) < 4.78 is 1.94. The number of piperidine rings is 1. The molecule has 1 saturated heterocycles. The highest BCUT2D eigenvalue weighted by molar-refractivity contribution is 5.81. The van der Waals surface area contributed by atoms with Gasteiger partial charge in [0.15, 0.2) is 0 Å². The summed E-state index contributed by atoms with van der Waals surface area (Å²) in [6.45, 7) is 5.23. The molecule has 112 valence electrons. The van der Waals surface area contributed by atoms with Crippen LogP contribution in [0.25, 0.3) is 10.9 Å². The van der Waals surface area contributed by atoms with E-state index in [1.54, 1.807) is 24.4 Å². The fourth-order valence-electron chi connectivity index (χ4n) is 3.03. The lowest BCUT2D eigenvalue weighted by atomic mass is 9.95. The Morgan fingerprint density at radius 2 is 2.14 bits per heavy atom. The first kappa shape index (κ1) is 14.0. The molecule has 6 heteroatoms. The smallest absolute Gasteiger partial charge is 0.270 e. The Kier molecular flexibility index (Phi) is 3.88. The molecule has 0 unspecified atom stereocenters. The highest BCUT2D eigenvalue weighted by atomic mass is 16.6. The number of fused-ring (bicyclic) bond motifs is 1. The molecule has 1 fully saturated rings. The number of likely N-dealkylation sites (tertiary alicyclic amines) is 1. The predicted molar refractivity (Wildman–Crippen MR) is 81.0 cm³/mol. The van der Waals surface area contributed by atoms with E-state index in [1.165, 1.54) is 19.3 Å². The monoisotopic (exact) mass is 288 g/mol. The van der Waals surface area contributed by atoms with E-state index in [9.17, 15) is 10.1 Å². The Bertz CT molecular complexity index is 644. The van der Waals surface area contributed by atoms with Gasteiger partial charge in [-0.3, -0.25) is 19.7 Å². The summed E-state index contributed by atoms with van der Waals surface area (Å²) in [5.74, 6) is 0.860. The second kappa shape index (κ2) is 5.81. The number of non-ortho nitro benzene ring substituents is 1. The van der Waals surface area contributed by atoms with Crippen molar-refractivity contribution in [3.8, 4) is 0 Å². The van der Waals surface area contributed by atoms with Crippen molar-refractivity contribution in [2.45, 2.75) is 32.9 Å². The van der Waals surface area contributed by atoms with Crippen molar-refractivity contribution >= 4 is 16.6 Å². The number of nitro groups is 1. The molecule has 0 amide bonds. The van der Waals surface area contributed by atoms with Crippen LogP contribution in [0.3, 0.4) is 0 Å². The molecule has 0 N–H and O–H groups in total. The minimum atomic E-state index is -0.369. The van der Waals surface area contributed by atoms with E-state index in [-0.39, 0.29) is 10.6 Å². The zero-order chi connectivity index (χ0) is 14.8. The standard InChI is InChI=1S/C15H20N4O2/c1-2-12-5-7-17(8-6-12)11-18-15-4-3-14(19(20)21)9-13(15)10-16-18/h3-4,9-10,12H,2,5-8,11H2,1H3. The maximum absolute atomic E-state index is 10.8. The van der Waals surface area contributed by atoms with Crippen molar-refractivity contribution in [3.63, 3.8) is 0 Å². The van der Waals surface area contributed by atoms with Crippen LogP contribution < -0.4 is 0 Å². The Morgan fingerprint density at radius 1 is 1.38 bits per heavy atom. The van der Waals surface area contributed by atoms with Gasteiger partial charge in [0.2, 0.25) is 0 Å². The van der Waals surface area contributed by atoms with Gasteiger partial charge in [0.25, 0.3) is 5.69 Å². The molecule has 21 heavy (non-hydrogen) atoms. The quantitative estimate of drug-likeness (QED) is 0.641. The maximum Gasteiger partial charge on any atom is 0.270 e. The van der Waals surface area contributed by atoms with Gasteiger partial charge in [-0.15, -0.1) is 0 Å². The van der Waals surface area contributed by atoms with E-state index in [0.717, 1.165) is 36.6 Å². The molecule has 1 aromatic heterocycles. The molecule has 0 radical (unpaired) electrons. The highest BCUT2D eigenvalue weighted by Gasteiger charge is 2.18. The van der Waals surface area contributed by atoms with Crippen molar-refractivity contribution in [3.05, 3.63) is 34.5 Å². The number of rotatable bonds is 4. The lowest BCUT2D eigenvalue weighted by Crippen LogP contribution is -2.35. The molecule has 0 spiro atoms. The van der Waals surface area contributed by atoms with Crippen molar-refractivity contribution in [2.24, 2.45) is 5.92 Å². The van der Waals surface area contributed by atoms with Crippen LogP contribution in [0.15, 0.2) is 24.4 Å². The van der Waals surface area contributed by atoms with Gasteiger partial charge in [0, 0.05) is 30.6 Å². The van der Waals surface area contributed by atoms with Crippen LogP contribution in [0, 0.1) is 16.0 Å². The summed E-state index contributed by atoms with van der Waals surface area (Å²) in [6.07, 6.45) is 5.48. The Labute approximate surface area is 123 Å². The SMILES string of the molecule is CCC1CCN(Cn2ncc3cc([N+](=O)[O-])ccc32)CC1. The molecular formula is C15H20N4O2. The number of hydrogen-bond donors (Lipinski definition) is 0. The van der Waals surface area contributed by atoms with Gasteiger partial charge in [-0.05, 0) is 24.8 Å². The first-order valence-electron chi connectivity index (χ1n) is 7.49. The topological polar surface area (TPSA) is 64.2 Å². The first-order valence-corrected chi connectivity index (χ1v) is 7.49. The second-order valence-electron chi connectivity index (χ2n) is 5.76. The van der Waals surface area contributed by atoms with Crippen LogP contribution >= 0.6 is 0 Å². The first-order chi connectivity index (χ1) is 10.2. The van der Waals surface area contributed by atoms with Crippen LogP contribution in [-0.2, 0) is 6.67 Å². The second-order valence-corrected chi connectivity index (χ2v) is 5.76. The number of hydrogen-bond acceptors (Lipinski definition) is 4. The van der Waals surface area contributed by atoms with Gasteiger partial charge < -0.3 is 0 Å². The van der Waals surface area contributed by atoms with Crippen molar-refractivity contribution in [2.75, 3.05) is 13.1 Å². The summed E-state index contributed by atoms with van der Waals surface area (Å²) in [5, 5.41) is 16.0. The van der Waals surface area contributed by atoms with Crippen molar-refractivity contribution in [1.29, 1.82) is 0 Å². The summed E-state index contributed by atoms with van der Waals surface area (Å²) in [7, 11) is 0. The Balaban J connectivity index is 1.74. The normalized spacial score (nSPS) is 17.4.